The Balaban J connectivity index is 2.10. The van der Waals surface area contributed by atoms with Crippen LogP contribution in [0.2, 0.25) is 0 Å². The zero-order valence-corrected chi connectivity index (χ0v) is 16.1. The van der Waals surface area contributed by atoms with E-state index in [1.165, 1.54) is 6.92 Å². The molecule has 0 amide bonds. The van der Waals surface area contributed by atoms with Crippen molar-refractivity contribution < 1.29 is 33.4 Å². The lowest BCUT2D eigenvalue weighted by Crippen LogP contribution is -2.48. The van der Waals surface area contributed by atoms with Crippen molar-refractivity contribution in [2.45, 2.75) is 45.3 Å². The Morgan fingerprint density at radius 3 is 2.56 bits per heavy atom. The van der Waals surface area contributed by atoms with Gasteiger partial charge in [0.1, 0.15) is 6.61 Å². The van der Waals surface area contributed by atoms with Gasteiger partial charge >= 0.3 is 17.9 Å². The van der Waals surface area contributed by atoms with Crippen LogP contribution in [0.15, 0.2) is 11.6 Å². The van der Waals surface area contributed by atoms with Crippen molar-refractivity contribution in [3.05, 3.63) is 11.6 Å². The van der Waals surface area contributed by atoms with Crippen LogP contribution in [-0.4, -0.2) is 67.0 Å². The number of nitrogens with zero attached hydrogens (tertiary/aromatic N) is 1. The minimum atomic E-state index is -1.64. The Morgan fingerprint density at radius 2 is 1.89 bits per heavy atom. The molecule has 3 aliphatic rings. The predicted octanol–water partition coefficient (Wildman–Crippen LogP) is 0.634. The van der Waals surface area contributed by atoms with Crippen LogP contribution in [0.4, 0.5) is 0 Å². The predicted molar refractivity (Wildman–Crippen MR) is 92.4 cm³/mol. The number of carbonyl (C=O) groups excluding carboxylic acids is 4. The highest BCUT2D eigenvalue weighted by atomic mass is 16.6. The van der Waals surface area contributed by atoms with Gasteiger partial charge in [-0.1, -0.05) is 19.9 Å². The van der Waals surface area contributed by atoms with Gasteiger partial charge in [-0.25, -0.2) is 4.79 Å². The number of hydrogen-bond donors (Lipinski definition) is 0. The van der Waals surface area contributed by atoms with Crippen LogP contribution in [0.1, 0.15) is 33.6 Å². The molecule has 0 N–H and O–H groups in total. The Bertz CT molecular complexity index is 730. The molecule has 3 heterocycles. The van der Waals surface area contributed by atoms with Crippen molar-refractivity contribution in [1.29, 1.82) is 0 Å². The molecule has 148 valence electrons. The number of ketones is 1. The van der Waals surface area contributed by atoms with Crippen LogP contribution in [0, 0.1) is 11.3 Å². The first-order valence-electron chi connectivity index (χ1n) is 9.20. The van der Waals surface area contributed by atoms with Crippen molar-refractivity contribution in [2.24, 2.45) is 11.3 Å². The van der Waals surface area contributed by atoms with Crippen molar-refractivity contribution in [3.63, 3.8) is 0 Å². The zero-order valence-electron chi connectivity index (χ0n) is 16.1. The highest BCUT2D eigenvalue weighted by Crippen LogP contribution is 2.50. The molecular weight excluding hydrogens is 354 g/mol. The van der Waals surface area contributed by atoms with Crippen molar-refractivity contribution >= 4 is 23.7 Å². The van der Waals surface area contributed by atoms with E-state index in [1.807, 2.05) is 11.9 Å². The number of ether oxygens (including phenoxy) is 3. The third-order valence-corrected chi connectivity index (χ3v) is 6.20. The fourth-order valence-electron chi connectivity index (χ4n) is 3.99. The van der Waals surface area contributed by atoms with Crippen LogP contribution in [0.3, 0.4) is 0 Å². The molecule has 0 aromatic rings. The second kappa shape index (κ2) is 6.74. The lowest BCUT2D eigenvalue weighted by Gasteiger charge is -2.31. The van der Waals surface area contributed by atoms with Crippen molar-refractivity contribution in [3.8, 4) is 0 Å². The summed E-state index contributed by atoms with van der Waals surface area (Å²) in [6.45, 7) is 5.52. The molecule has 0 aromatic carbocycles. The first-order valence-corrected chi connectivity index (χ1v) is 9.20. The van der Waals surface area contributed by atoms with Gasteiger partial charge < -0.3 is 19.1 Å². The molecule has 3 aliphatic heterocycles. The third-order valence-electron chi connectivity index (χ3n) is 6.20. The highest BCUT2D eigenvalue weighted by molar-refractivity contribution is 6.07. The molecular formula is C19H25NO7. The Labute approximate surface area is 157 Å². The van der Waals surface area contributed by atoms with Crippen LogP contribution in [0.25, 0.3) is 0 Å². The third kappa shape index (κ3) is 2.86. The standard InChI is InChI=1S/C19H25NO7/c1-5-19-11(2)18(3,27-17(19)24)15(22)25-10-12-6-8-20(4)9-7-13(14(12)21)26-16(19)23/h6,11,13H,5,7-10H2,1-4H3/b12-6-/t11-,13-,18?,19-/m1/s1. The number of cyclic esters (lactones) is 1. The lowest BCUT2D eigenvalue weighted by molar-refractivity contribution is -0.177. The van der Waals surface area contributed by atoms with E-state index in [9.17, 15) is 19.2 Å². The number of hydrogen-bond acceptors (Lipinski definition) is 8. The summed E-state index contributed by atoms with van der Waals surface area (Å²) in [6.07, 6.45) is 1.04. The van der Waals surface area contributed by atoms with Gasteiger partial charge in [-0.2, -0.15) is 0 Å². The molecule has 0 radical (unpaired) electrons. The van der Waals surface area contributed by atoms with Gasteiger partial charge in [0.05, 0.1) is 0 Å². The number of carbonyl (C=O) groups is 4. The Hall–Kier alpha value is -2.22. The van der Waals surface area contributed by atoms with E-state index in [4.69, 9.17) is 14.2 Å². The topological polar surface area (TPSA) is 99.2 Å². The smallest absolute Gasteiger partial charge is 0.350 e. The molecule has 4 atom stereocenters. The molecule has 1 unspecified atom stereocenters. The number of likely N-dealkylation sites (N-methyl/N-ethyl adjacent to an activating group) is 1. The normalized spacial score (nSPS) is 39.9. The number of Topliss-reactive ketones (excluding diaryl/α,β-unsaturated/α-hetero) is 1. The average Bonchev–Trinajstić information content (AvgIpc) is 2.83. The van der Waals surface area contributed by atoms with Gasteiger partial charge in [0, 0.05) is 31.0 Å². The number of fused-ring (bicyclic) bond motifs is 4. The molecule has 0 spiro atoms. The van der Waals surface area contributed by atoms with E-state index in [0.717, 1.165) is 0 Å². The SMILES string of the molecule is CC[C@@]12C(=O)O[C@@H]3CCN(C)C/C=C(/COC(=O)C(C)(OC1=O)[C@H]2C)C3=O. The van der Waals surface area contributed by atoms with Crippen molar-refractivity contribution in [2.75, 3.05) is 26.7 Å². The van der Waals surface area contributed by atoms with Crippen LogP contribution in [-0.2, 0) is 33.4 Å². The fraction of sp³-hybridized carbons (Fsp3) is 0.684. The Kier molecular flexibility index (Phi) is 4.88. The molecule has 2 fully saturated rings. The largest absolute Gasteiger partial charge is 0.458 e. The van der Waals surface area contributed by atoms with Crippen LogP contribution < -0.4 is 0 Å². The zero-order chi connectivity index (χ0) is 20.0. The fourth-order valence-corrected chi connectivity index (χ4v) is 3.99. The quantitative estimate of drug-likeness (QED) is 0.372. The molecule has 2 saturated heterocycles. The molecule has 4 bridgehead atoms. The first kappa shape index (κ1) is 19.5. The summed E-state index contributed by atoms with van der Waals surface area (Å²) in [5.41, 5.74) is -2.98. The van der Waals surface area contributed by atoms with Gasteiger partial charge in [-0.05, 0) is 20.4 Å². The summed E-state index contributed by atoms with van der Waals surface area (Å²) < 4.78 is 16.3. The average molecular weight is 379 g/mol. The maximum Gasteiger partial charge on any atom is 0.350 e. The van der Waals surface area contributed by atoms with Crippen molar-refractivity contribution in [1.82, 2.24) is 4.90 Å². The van der Waals surface area contributed by atoms with Gasteiger partial charge in [-0.15, -0.1) is 0 Å². The molecule has 0 aromatic heterocycles. The molecule has 8 heteroatoms. The van der Waals surface area contributed by atoms with E-state index in [-0.39, 0.29) is 24.4 Å². The molecule has 0 saturated carbocycles. The van der Waals surface area contributed by atoms with E-state index in [0.29, 0.717) is 19.5 Å². The molecule has 3 rings (SSSR count). The summed E-state index contributed by atoms with van der Waals surface area (Å²) in [5.74, 6) is -3.58. The summed E-state index contributed by atoms with van der Waals surface area (Å²) in [4.78, 5) is 53.3. The lowest BCUT2D eigenvalue weighted by atomic mass is 9.69. The van der Waals surface area contributed by atoms with E-state index in [2.05, 4.69) is 0 Å². The summed E-state index contributed by atoms with van der Waals surface area (Å²) >= 11 is 0. The Morgan fingerprint density at radius 1 is 1.19 bits per heavy atom. The summed E-state index contributed by atoms with van der Waals surface area (Å²) in [7, 11) is 1.88. The minimum absolute atomic E-state index is 0.0954. The van der Waals surface area contributed by atoms with Gasteiger partial charge in [0.25, 0.3) is 0 Å². The molecule has 8 nitrogen and oxygen atoms in total. The van der Waals surface area contributed by atoms with E-state index >= 15 is 0 Å². The molecule has 27 heavy (non-hydrogen) atoms. The van der Waals surface area contributed by atoms with Crippen LogP contribution in [0.5, 0.6) is 0 Å². The maximum absolute atomic E-state index is 13.1. The number of esters is 3. The van der Waals surface area contributed by atoms with Crippen LogP contribution >= 0.6 is 0 Å². The first-order chi connectivity index (χ1) is 12.7. The monoisotopic (exact) mass is 379 g/mol. The van der Waals surface area contributed by atoms with Gasteiger partial charge in [0.15, 0.2) is 11.5 Å². The summed E-state index contributed by atoms with van der Waals surface area (Å²) in [6, 6.07) is 0. The highest BCUT2D eigenvalue weighted by Gasteiger charge is 2.68. The second-order valence-electron chi connectivity index (χ2n) is 7.66. The number of rotatable bonds is 1. The maximum atomic E-state index is 13.1. The molecule has 0 aliphatic carbocycles. The van der Waals surface area contributed by atoms with E-state index in [1.54, 1.807) is 19.9 Å². The summed E-state index contributed by atoms with van der Waals surface area (Å²) in [5, 5.41) is 0. The second-order valence-corrected chi connectivity index (χ2v) is 7.66. The van der Waals surface area contributed by atoms with E-state index < -0.39 is 40.9 Å². The van der Waals surface area contributed by atoms with Gasteiger partial charge in [0.2, 0.25) is 11.4 Å². The van der Waals surface area contributed by atoms with Gasteiger partial charge in [-0.3, -0.25) is 14.4 Å². The minimum Gasteiger partial charge on any atom is -0.458 e.